The van der Waals surface area contributed by atoms with E-state index in [9.17, 15) is 18.4 Å². The normalized spacial score (nSPS) is 23.3. The fourth-order valence-corrected chi connectivity index (χ4v) is 1.85. The van der Waals surface area contributed by atoms with Gasteiger partial charge in [0, 0.05) is 0 Å². The Morgan fingerprint density at radius 3 is 2.67 bits per heavy atom. The standard InChI is InChI=1S/C12H10F2O4/c1-12(6-9(15)18-10(12)16)7-3-2-4-8(5-7)17-11(13)14/h2-5,11H,6H2,1H3. The summed E-state index contributed by atoms with van der Waals surface area (Å²) in [6, 6.07) is 5.71. The predicted octanol–water partition coefficient (Wildman–Crippen LogP) is 2.02. The molecule has 1 unspecified atom stereocenters. The largest absolute Gasteiger partial charge is 0.435 e. The zero-order valence-corrected chi connectivity index (χ0v) is 9.48. The average molecular weight is 256 g/mol. The van der Waals surface area contributed by atoms with Gasteiger partial charge in [0.15, 0.2) is 0 Å². The van der Waals surface area contributed by atoms with Gasteiger partial charge < -0.3 is 9.47 Å². The number of carbonyl (C=O) groups excluding carboxylic acids is 2. The molecule has 0 radical (unpaired) electrons. The van der Waals surface area contributed by atoms with Crippen LogP contribution in [0.4, 0.5) is 8.78 Å². The summed E-state index contributed by atoms with van der Waals surface area (Å²) in [4.78, 5) is 22.7. The zero-order valence-electron chi connectivity index (χ0n) is 9.48. The van der Waals surface area contributed by atoms with Crippen LogP contribution in [0.15, 0.2) is 24.3 Å². The number of esters is 2. The van der Waals surface area contributed by atoms with E-state index in [4.69, 9.17) is 0 Å². The molecule has 0 N–H and O–H groups in total. The van der Waals surface area contributed by atoms with Crippen LogP contribution in [-0.2, 0) is 19.7 Å². The molecule has 0 saturated carbocycles. The number of alkyl halides is 2. The van der Waals surface area contributed by atoms with Gasteiger partial charge in [-0.3, -0.25) is 9.59 Å². The second-order valence-corrected chi connectivity index (χ2v) is 4.18. The highest BCUT2D eigenvalue weighted by Crippen LogP contribution is 2.36. The van der Waals surface area contributed by atoms with Crippen molar-refractivity contribution < 1.29 is 27.8 Å². The summed E-state index contributed by atoms with van der Waals surface area (Å²) in [5.41, 5.74) is -0.727. The van der Waals surface area contributed by atoms with E-state index in [1.165, 1.54) is 25.1 Å². The van der Waals surface area contributed by atoms with Crippen LogP contribution in [0.1, 0.15) is 18.9 Å². The minimum Gasteiger partial charge on any atom is -0.435 e. The molecule has 1 aromatic carbocycles. The molecule has 1 aromatic rings. The summed E-state index contributed by atoms with van der Waals surface area (Å²) >= 11 is 0. The van der Waals surface area contributed by atoms with Crippen molar-refractivity contribution in [1.29, 1.82) is 0 Å². The molecule has 0 amide bonds. The topological polar surface area (TPSA) is 52.6 Å². The van der Waals surface area contributed by atoms with Crippen LogP contribution in [-0.4, -0.2) is 18.6 Å². The lowest BCUT2D eigenvalue weighted by Gasteiger charge is -2.19. The quantitative estimate of drug-likeness (QED) is 0.613. The smallest absolute Gasteiger partial charge is 0.387 e. The Bertz CT molecular complexity index is 501. The van der Waals surface area contributed by atoms with Crippen molar-refractivity contribution in [2.24, 2.45) is 0 Å². The molecule has 6 heteroatoms. The Labute approximate surface area is 101 Å². The number of benzene rings is 1. The van der Waals surface area contributed by atoms with Crippen molar-refractivity contribution in [2.45, 2.75) is 25.4 Å². The second-order valence-electron chi connectivity index (χ2n) is 4.18. The summed E-state index contributed by atoms with van der Waals surface area (Å²) < 4.78 is 32.9. The van der Waals surface area contributed by atoms with Gasteiger partial charge in [0.25, 0.3) is 0 Å². The van der Waals surface area contributed by atoms with E-state index in [-0.39, 0.29) is 12.2 Å². The van der Waals surface area contributed by atoms with E-state index in [0.717, 1.165) is 0 Å². The van der Waals surface area contributed by atoms with Gasteiger partial charge in [0.2, 0.25) is 0 Å². The Morgan fingerprint density at radius 2 is 2.11 bits per heavy atom. The summed E-state index contributed by atoms with van der Waals surface area (Å²) in [7, 11) is 0. The van der Waals surface area contributed by atoms with Crippen molar-refractivity contribution in [2.75, 3.05) is 0 Å². The molecular formula is C12H10F2O4. The van der Waals surface area contributed by atoms with Gasteiger partial charge in [0.1, 0.15) is 11.2 Å². The molecule has 0 aliphatic carbocycles. The van der Waals surface area contributed by atoms with Crippen molar-refractivity contribution in [1.82, 2.24) is 0 Å². The minimum absolute atomic E-state index is 0.0594. The van der Waals surface area contributed by atoms with Gasteiger partial charge in [-0.05, 0) is 24.6 Å². The van der Waals surface area contributed by atoms with Crippen LogP contribution in [0.3, 0.4) is 0 Å². The van der Waals surface area contributed by atoms with Crippen LogP contribution < -0.4 is 4.74 Å². The summed E-state index contributed by atoms with van der Waals surface area (Å²) in [5.74, 6) is -1.36. The Morgan fingerprint density at radius 1 is 1.39 bits per heavy atom. The lowest BCUT2D eigenvalue weighted by atomic mass is 9.81. The van der Waals surface area contributed by atoms with E-state index >= 15 is 0 Å². The number of rotatable bonds is 3. The van der Waals surface area contributed by atoms with E-state index in [0.29, 0.717) is 5.56 Å². The van der Waals surface area contributed by atoms with Crippen LogP contribution in [0, 0.1) is 0 Å². The SMILES string of the molecule is CC1(c2cccc(OC(F)F)c2)CC(=O)OC1=O. The predicted molar refractivity (Wildman–Crippen MR) is 56.1 cm³/mol. The van der Waals surface area contributed by atoms with E-state index in [1.807, 2.05) is 0 Å². The number of carbonyl (C=O) groups is 2. The van der Waals surface area contributed by atoms with Crippen molar-refractivity contribution in [3.05, 3.63) is 29.8 Å². The molecule has 1 aliphatic heterocycles. The van der Waals surface area contributed by atoms with Crippen LogP contribution in [0.2, 0.25) is 0 Å². The lowest BCUT2D eigenvalue weighted by Crippen LogP contribution is -2.27. The first-order valence-electron chi connectivity index (χ1n) is 5.22. The molecule has 1 heterocycles. The molecule has 1 fully saturated rings. The Kier molecular flexibility index (Phi) is 3.02. The summed E-state index contributed by atoms with van der Waals surface area (Å²) in [6.45, 7) is -1.41. The van der Waals surface area contributed by atoms with Crippen LogP contribution >= 0.6 is 0 Å². The third-order valence-corrected chi connectivity index (χ3v) is 2.85. The molecule has 0 spiro atoms. The Balaban J connectivity index is 2.33. The van der Waals surface area contributed by atoms with Gasteiger partial charge in [-0.1, -0.05) is 12.1 Å². The molecule has 18 heavy (non-hydrogen) atoms. The Hall–Kier alpha value is -1.98. The molecule has 1 atom stereocenters. The highest BCUT2D eigenvalue weighted by Gasteiger charge is 2.46. The fraction of sp³-hybridized carbons (Fsp3) is 0.333. The number of hydrogen-bond acceptors (Lipinski definition) is 4. The van der Waals surface area contributed by atoms with Gasteiger partial charge in [-0.2, -0.15) is 8.78 Å². The van der Waals surface area contributed by atoms with E-state index in [1.54, 1.807) is 6.07 Å². The highest BCUT2D eigenvalue weighted by molar-refractivity contribution is 6.00. The molecule has 0 bridgehead atoms. The van der Waals surface area contributed by atoms with Gasteiger partial charge in [-0.25, -0.2) is 0 Å². The van der Waals surface area contributed by atoms with Gasteiger partial charge in [0.05, 0.1) is 6.42 Å². The third-order valence-electron chi connectivity index (χ3n) is 2.85. The monoisotopic (exact) mass is 256 g/mol. The molecule has 1 saturated heterocycles. The minimum atomic E-state index is -2.94. The highest BCUT2D eigenvalue weighted by atomic mass is 19.3. The maximum atomic E-state index is 12.1. The van der Waals surface area contributed by atoms with Crippen LogP contribution in [0.25, 0.3) is 0 Å². The first-order valence-corrected chi connectivity index (χ1v) is 5.22. The summed E-state index contributed by atoms with van der Waals surface area (Å²) in [6.07, 6.45) is -0.107. The number of cyclic esters (lactones) is 2. The van der Waals surface area contributed by atoms with Crippen LogP contribution in [0.5, 0.6) is 5.75 Å². The molecule has 1 aliphatic rings. The van der Waals surface area contributed by atoms with Gasteiger partial charge in [-0.15, -0.1) is 0 Å². The third kappa shape index (κ3) is 2.18. The maximum absolute atomic E-state index is 12.1. The number of ether oxygens (including phenoxy) is 2. The average Bonchev–Trinajstić information content (AvgIpc) is 2.53. The van der Waals surface area contributed by atoms with Crippen molar-refractivity contribution >= 4 is 11.9 Å². The number of hydrogen-bond donors (Lipinski definition) is 0. The van der Waals surface area contributed by atoms with Crippen molar-refractivity contribution in [3.8, 4) is 5.75 Å². The number of halogens is 2. The van der Waals surface area contributed by atoms with Crippen molar-refractivity contribution in [3.63, 3.8) is 0 Å². The first kappa shape index (κ1) is 12.5. The fourth-order valence-electron chi connectivity index (χ4n) is 1.85. The van der Waals surface area contributed by atoms with E-state index < -0.39 is 24.0 Å². The zero-order chi connectivity index (χ0) is 13.3. The maximum Gasteiger partial charge on any atom is 0.387 e. The second kappa shape index (κ2) is 4.36. The molecular weight excluding hydrogens is 246 g/mol. The van der Waals surface area contributed by atoms with Gasteiger partial charge >= 0.3 is 18.6 Å². The molecule has 96 valence electrons. The lowest BCUT2D eigenvalue weighted by molar-refractivity contribution is -0.153. The molecule has 0 aromatic heterocycles. The molecule has 2 rings (SSSR count). The molecule has 4 nitrogen and oxygen atoms in total. The first-order chi connectivity index (χ1) is 8.41. The summed E-state index contributed by atoms with van der Waals surface area (Å²) in [5, 5.41) is 0. The van der Waals surface area contributed by atoms with E-state index in [2.05, 4.69) is 9.47 Å².